The van der Waals surface area contributed by atoms with Crippen molar-refractivity contribution in [2.75, 3.05) is 17.1 Å². The van der Waals surface area contributed by atoms with E-state index in [0.717, 1.165) is 23.4 Å². The van der Waals surface area contributed by atoms with Crippen LogP contribution in [0.15, 0.2) is 48.5 Å². The molecule has 1 N–H and O–H groups in total. The first kappa shape index (κ1) is 23.9. The van der Waals surface area contributed by atoms with Crippen LogP contribution in [0.2, 0.25) is 0 Å². The molecule has 0 aromatic heterocycles. The van der Waals surface area contributed by atoms with Gasteiger partial charge in [-0.3, -0.25) is 9.10 Å². The summed E-state index contributed by atoms with van der Waals surface area (Å²) in [4.78, 5) is 12.7. The van der Waals surface area contributed by atoms with Gasteiger partial charge in [-0.1, -0.05) is 57.2 Å². The maximum atomic E-state index is 14.3. The Morgan fingerprint density at radius 3 is 2.27 bits per heavy atom. The Morgan fingerprint density at radius 1 is 1.10 bits per heavy atom. The summed E-state index contributed by atoms with van der Waals surface area (Å²) in [5.41, 5.74) is 2.35. The number of hydrogen-bond donors (Lipinski definition) is 1. The smallest absolute Gasteiger partial charge is 0.243 e. The molecule has 0 fully saturated rings. The number of anilines is 1. The summed E-state index contributed by atoms with van der Waals surface area (Å²) >= 11 is 0. The van der Waals surface area contributed by atoms with Gasteiger partial charge in [-0.25, -0.2) is 12.8 Å². The fraction of sp³-hybridized carbons (Fsp3) is 0.435. The van der Waals surface area contributed by atoms with Crippen molar-refractivity contribution in [2.45, 2.75) is 52.0 Å². The van der Waals surface area contributed by atoms with Gasteiger partial charge in [0.25, 0.3) is 0 Å². The zero-order valence-electron chi connectivity index (χ0n) is 18.1. The average molecular weight is 435 g/mol. The van der Waals surface area contributed by atoms with Gasteiger partial charge in [0, 0.05) is 6.54 Å². The van der Waals surface area contributed by atoms with Crippen molar-refractivity contribution in [1.29, 1.82) is 0 Å². The van der Waals surface area contributed by atoms with Crippen LogP contribution >= 0.6 is 0 Å². The second-order valence-electron chi connectivity index (χ2n) is 7.73. The monoisotopic (exact) mass is 434 g/mol. The molecule has 7 heteroatoms. The van der Waals surface area contributed by atoms with E-state index in [2.05, 4.69) is 43.4 Å². The maximum Gasteiger partial charge on any atom is 0.243 e. The fourth-order valence-electron chi connectivity index (χ4n) is 3.36. The van der Waals surface area contributed by atoms with Crippen LogP contribution in [0.5, 0.6) is 0 Å². The van der Waals surface area contributed by atoms with Crippen LogP contribution in [0, 0.1) is 5.82 Å². The molecule has 0 radical (unpaired) electrons. The molecule has 2 aromatic carbocycles. The molecule has 1 atom stereocenters. The first-order valence-corrected chi connectivity index (χ1v) is 12.1. The molecule has 0 unspecified atom stereocenters. The van der Waals surface area contributed by atoms with E-state index in [-0.39, 0.29) is 12.1 Å². The summed E-state index contributed by atoms with van der Waals surface area (Å²) < 4.78 is 39.9. The summed E-state index contributed by atoms with van der Waals surface area (Å²) in [5.74, 6) is -0.628. The third kappa shape index (κ3) is 6.29. The van der Waals surface area contributed by atoms with E-state index in [1.165, 1.54) is 29.3 Å². The molecule has 0 saturated heterocycles. The number of aryl methyl sites for hydroxylation is 1. The van der Waals surface area contributed by atoms with E-state index in [0.29, 0.717) is 12.5 Å². The van der Waals surface area contributed by atoms with E-state index < -0.39 is 27.8 Å². The normalized spacial score (nSPS) is 12.6. The Hall–Kier alpha value is -2.41. The van der Waals surface area contributed by atoms with Crippen molar-refractivity contribution in [2.24, 2.45) is 0 Å². The average Bonchev–Trinajstić information content (AvgIpc) is 2.69. The third-order valence-corrected chi connectivity index (χ3v) is 6.17. The number of sulfonamides is 1. The molecule has 0 heterocycles. The second kappa shape index (κ2) is 10.6. The molecule has 0 bridgehead atoms. The number of carbonyl (C=O) groups is 1. The van der Waals surface area contributed by atoms with Gasteiger partial charge in [-0.15, -0.1) is 0 Å². The summed E-state index contributed by atoms with van der Waals surface area (Å²) in [5, 5.41) is 2.81. The van der Waals surface area contributed by atoms with Crippen LogP contribution in [0.3, 0.4) is 0 Å². The molecule has 2 rings (SSSR count). The third-order valence-electron chi connectivity index (χ3n) is 5.01. The van der Waals surface area contributed by atoms with Crippen LogP contribution in [0.25, 0.3) is 0 Å². The highest BCUT2D eigenvalue weighted by atomic mass is 32.2. The van der Waals surface area contributed by atoms with Crippen molar-refractivity contribution >= 4 is 21.6 Å². The first-order chi connectivity index (χ1) is 14.1. The Balaban J connectivity index is 2.01. The van der Waals surface area contributed by atoms with Gasteiger partial charge in [-0.2, -0.15) is 0 Å². The molecule has 0 aliphatic heterocycles. The summed E-state index contributed by atoms with van der Waals surface area (Å²) in [7, 11) is -3.85. The minimum Gasteiger partial charge on any atom is -0.354 e. The number of halogens is 1. The summed E-state index contributed by atoms with van der Waals surface area (Å²) in [6.45, 7) is 6.42. The van der Waals surface area contributed by atoms with Crippen LogP contribution < -0.4 is 9.62 Å². The van der Waals surface area contributed by atoms with Crippen molar-refractivity contribution in [3.8, 4) is 0 Å². The van der Waals surface area contributed by atoms with E-state index in [1.807, 2.05) is 0 Å². The van der Waals surface area contributed by atoms with E-state index in [1.54, 1.807) is 13.0 Å². The number of para-hydroxylation sites is 1. The molecule has 0 saturated carbocycles. The molecular formula is C23H31FN2O3S. The van der Waals surface area contributed by atoms with Crippen molar-refractivity contribution in [3.63, 3.8) is 0 Å². The first-order valence-electron chi connectivity index (χ1n) is 10.3. The van der Waals surface area contributed by atoms with E-state index in [9.17, 15) is 17.6 Å². The summed E-state index contributed by atoms with van der Waals surface area (Å²) in [6, 6.07) is 13.0. The fourth-order valence-corrected chi connectivity index (χ4v) is 4.57. The number of rotatable bonds is 10. The van der Waals surface area contributed by atoms with Gasteiger partial charge in [0.1, 0.15) is 11.9 Å². The minimum atomic E-state index is -3.85. The number of nitrogens with zero attached hydrogens (tertiary/aromatic N) is 1. The minimum absolute atomic E-state index is 0.118. The Bertz CT molecular complexity index is 943. The summed E-state index contributed by atoms with van der Waals surface area (Å²) in [6.07, 6.45) is 2.74. The van der Waals surface area contributed by atoms with E-state index in [4.69, 9.17) is 0 Å². The van der Waals surface area contributed by atoms with Gasteiger partial charge in [0.05, 0.1) is 11.9 Å². The lowest BCUT2D eigenvalue weighted by molar-refractivity contribution is -0.122. The number of nitrogens with one attached hydrogen (secondary N) is 1. The van der Waals surface area contributed by atoms with Crippen LogP contribution in [0.4, 0.5) is 10.1 Å². The highest BCUT2D eigenvalue weighted by Crippen LogP contribution is 2.25. The molecule has 1 amide bonds. The van der Waals surface area contributed by atoms with Gasteiger partial charge < -0.3 is 5.32 Å². The number of benzene rings is 2. The van der Waals surface area contributed by atoms with Crippen molar-refractivity contribution < 1.29 is 17.6 Å². The molecule has 0 aliphatic rings. The van der Waals surface area contributed by atoms with Crippen LogP contribution in [-0.2, 0) is 21.2 Å². The Kier molecular flexibility index (Phi) is 8.41. The van der Waals surface area contributed by atoms with Gasteiger partial charge in [0.2, 0.25) is 15.9 Å². The second-order valence-corrected chi connectivity index (χ2v) is 9.58. The molecule has 0 spiro atoms. The molecule has 30 heavy (non-hydrogen) atoms. The topological polar surface area (TPSA) is 66.5 Å². The SMILES string of the molecule is CC[C@@H](C(=O)NCCCc1ccc(C(C)C)cc1)N(c1ccccc1F)S(C)(=O)=O. The molecule has 2 aromatic rings. The molecule has 0 aliphatic carbocycles. The van der Waals surface area contributed by atoms with Gasteiger partial charge in [0.15, 0.2) is 0 Å². The van der Waals surface area contributed by atoms with Gasteiger partial charge >= 0.3 is 0 Å². The quantitative estimate of drug-likeness (QED) is 0.569. The highest BCUT2D eigenvalue weighted by molar-refractivity contribution is 7.92. The predicted molar refractivity (Wildman–Crippen MR) is 120 cm³/mol. The Labute approximate surface area is 179 Å². The van der Waals surface area contributed by atoms with Crippen LogP contribution in [0.1, 0.15) is 50.7 Å². The van der Waals surface area contributed by atoms with Crippen molar-refractivity contribution in [1.82, 2.24) is 5.32 Å². The lowest BCUT2D eigenvalue weighted by Crippen LogP contribution is -2.49. The number of hydrogen-bond acceptors (Lipinski definition) is 3. The molecular weight excluding hydrogens is 403 g/mol. The lowest BCUT2D eigenvalue weighted by atomic mass is 10.0. The predicted octanol–water partition coefficient (Wildman–Crippen LogP) is 4.24. The zero-order valence-corrected chi connectivity index (χ0v) is 18.9. The molecule has 5 nitrogen and oxygen atoms in total. The maximum absolute atomic E-state index is 14.3. The van der Waals surface area contributed by atoms with Crippen LogP contribution in [-0.4, -0.2) is 33.2 Å². The van der Waals surface area contributed by atoms with E-state index >= 15 is 0 Å². The lowest BCUT2D eigenvalue weighted by Gasteiger charge is -2.30. The highest BCUT2D eigenvalue weighted by Gasteiger charge is 2.32. The molecule has 164 valence electrons. The number of carbonyl (C=O) groups excluding carboxylic acids is 1. The van der Waals surface area contributed by atoms with Gasteiger partial charge in [-0.05, 0) is 48.4 Å². The van der Waals surface area contributed by atoms with Crippen molar-refractivity contribution in [3.05, 3.63) is 65.5 Å². The Morgan fingerprint density at radius 2 is 1.73 bits per heavy atom. The zero-order chi connectivity index (χ0) is 22.3. The largest absolute Gasteiger partial charge is 0.354 e. The number of amides is 1. The standard InChI is InChI=1S/C23H31FN2O3S/c1-5-21(26(30(4,28)29)22-11-7-6-10-20(22)24)23(27)25-16-8-9-18-12-14-19(15-13-18)17(2)3/h6-7,10-15,17,21H,5,8-9,16H2,1-4H3,(H,25,27)/t21-/m0/s1.